The first kappa shape index (κ1) is 16.6. The molecule has 1 aromatic carbocycles. The van der Waals surface area contributed by atoms with Crippen molar-refractivity contribution in [3.8, 4) is 5.82 Å². The topological polar surface area (TPSA) is 84.7 Å². The third kappa shape index (κ3) is 4.20. The number of carbonyl (C=O) groups excluding carboxylic acids is 1. The average molecular weight is 336 g/mol. The monoisotopic (exact) mass is 336 g/mol. The Morgan fingerprint density at radius 3 is 2.60 bits per heavy atom. The van der Waals surface area contributed by atoms with Gasteiger partial charge in [0.2, 0.25) is 0 Å². The van der Waals surface area contributed by atoms with Crippen LogP contribution in [0.4, 0.5) is 10.5 Å². The van der Waals surface area contributed by atoms with Crippen LogP contribution in [0.25, 0.3) is 5.82 Å². The number of aromatic nitrogens is 4. The molecular formula is C18H20N6O. The van der Waals surface area contributed by atoms with Gasteiger partial charge in [-0.3, -0.25) is 0 Å². The Kier molecular flexibility index (Phi) is 5.03. The van der Waals surface area contributed by atoms with Gasteiger partial charge in [0.15, 0.2) is 5.82 Å². The van der Waals surface area contributed by atoms with Gasteiger partial charge in [0.1, 0.15) is 12.7 Å². The lowest BCUT2D eigenvalue weighted by Crippen LogP contribution is -2.32. The minimum Gasteiger partial charge on any atom is -0.331 e. The summed E-state index contributed by atoms with van der Waals surface area (Å²) >= 11 is 0. The number of carbonyl (C=O) groups is 1. The quantitative estimate of drug-likeness (QED) is 0.749. The number of pyridine rings is 1. The molecule has 0 fully saturated rings. The molecule has 0 radical (unpaired) electrons. The molecule has 3 rings (SSSR count). The van der Waals surface area contributed by atoms with E-state index < -0.39 is 0 Å². The van der Waals surface area contributed by atoms with Gasteiger partial charge in [0.25, 0.3) is 0 Å². The van der Waals surface area contributed by atoms with Crippen molar-refractivity contribution >= 4 is 11.7 Å². The van der Waals surface area contributed by atoms with Crippen molar-refractivity contribution in [3.05, 3.63) is 66.4 Å². The number of nitrogens with zero attached hydrogens (tertiary/aromatic N) is 4. The fourth-order valence-corrected chi connectivity index (χ4v) is 2.47. The zero-order chi connectivity index (χ0) is 17.6. The zero-order valence-electron chi connectivity index (χ0n) is 14.2. The van der Waals surface area contributed by atoms with Gasteiger partial charge in [-0.05, 0) is 31.0 Å². The van der Waals surface area contributed by atoms with Crippen molar-refractivity contribution in [1.29, 1.82) is 0 Å². The maximum Gasteiger partial charge on any atom is 0.319 e. The lowest BCUT2D eigenvalue weighted by molar-refractivity contribution is 0.248. The molecule has 0 bridgehead atoms. The van der Waals surface area contributed by atoms with Gasteiger partial charge in [-0.25, -0.2) is 19.4 Å². The van der Waals surface area contributed by atoms with E-state index in [2.05, 4.69) is 25.7 Å². The number of urea groups is 1. The summed E-state index contributed by atoms with van der Waals surface area (Å²) in [6, 6.07) is 11.4. The Morgan fingerprint density at radius 2 is 2.00 bits per heavy atom. The molecule has 2 heterocycles. The summed E-state index contributed by atoms with van der Waals surface area (Å²) in [5.74, 6) is 0.634. The van der Waals surface area contributed by atoms with E-state index in [0.29, 0.717) is 11.5 Å². The van der Waals surface area contributed by atoms with Crippen LogP contribution in [0.2, 0.25) is 0 Å². The van der Waals surface area contributed by atoms with E-state index >= 15 is 0 Å². The molecule has 0 saturated carbocycles. The van der Waals surface area contributed by atoms with Crippen LogP contribution in [-0.4, -0.2) is 25.8 Å². The predicted octanol–water partition coefficient (Wildman–Crippen LogP) is 3.24. The van der Waals surface area contributed by atoms with Gasteiger partial charge in [0, 0.05) is 0 Å². The Hall–Kier alpha value is -3.22. The first-order valence-electron chi connectivity index (χ1n) is 8.11. The first-order valence-corrected chi connectivity index (χ1v) is 8.11. The summed E-state index contributed by atoms with van der Waals surface area (Å²) in [5, 5.41) is 9.80. The summed E-state index contributed by atoms with van der Waals surface area (Å²) in [5.41, 5.74) is 2.89. The minimum atomic E-state index is -0.261. The number of benzene rings is 1. The standard InChI is InChI=1S/C18H20N6O/c1-3-16(14-6-4-13(2)5-7-14)23-18(25)22-15-8-9-17(20-10-15)24-12-19-11-21-24/h4-12,16H,3H2,1-2H3,(H2,22,23,25)/t16-/m1/s1. The van der Waals surface area contributed by atoms with Gasteiger partial charge in [-0.15, -0.1) is 0 Å². The number of hydrogen-bond acceptors (Lipinski definition) is 4. The van der Waals surface area contributed by atoms with Crippen molar-refractivity contribution in [2.24, 2.45) is 0 Å². The minimum absolute atomic E-state index is 0.0389. The molecule has 3 aromatic rings. The third-order valence-electron chi connectivity index (χ3n) is 3.85. The molecule has 2 aromatic heterocycles. The molecule has 0 unspecified atom stereocenters. The van der Waals surface area contributed by atoms with Gasteiger partial charge in [-0.2, -0.15) is 5.10 Å². The maximum absolute atomic E-state index is 12.3. The predicted molar refractivity (Wildman–Crippen MR) is 95.5 cm³/mol. The van der Waals surface area contributed by atoms with E-state index in [9.17, 15) is 4.79 Å². The summed E-state index contributed by atoms with van der Waals surface area (Å²) < 4.78 is 1.55. The van der Waals surface area contributed by atoms with Gasteiger partial charge < -0.3 is 10.6 Å². The lowest BCUT2D eigenvalue weighted by Gasteiger charge is -2.18. The number of aryl methyl sites for hydroxylation is 1. The highest BCUT2D eigenvalue weighted by atomic mass is 16.2. The molecule has 7 heteroatoms. The first-order chi connectivity index (χ1) is 12.2. The van der Waals surface area contributed by atoms with Gasteiger partial charge >= 0.3 is 6.03 Å². The second-order valence-electron chi connectivity index (χ2n) is 5.72. The second kappa shape index (κ2) is 7.57. The summed E-state index contributed by atoms with van der Waals surface area (Å²) in [4.78, 5) is 20.4. The molecule has 1 atom stereocenters. The van der Waals surface area contributed by atoms with Crippen LogP contribution in [0.5, 0.6) is 0 Å². The zero-order valence-corrected chi connectivity index (χ0v) is 14.2. The van der Waals surface area contributed by atoms with E-state index in [1.165, 1.54) is 11.9 Å². The van der Waals surface area contributed by atoms with E-state index in [4.69, 9.17) is 0 Å². The average Bonchev–Trinajstić information content (AvgIpc) is 3.16. The molecule has 0 saturated heterocycles. The highest BCUT2D eigenvalue weighted by Gasteiger charge is 2.12. The van der Waals surface area contributed by atoms with E-state index in [1.54, 1.807) is 29.3 Å². The largest absolute Gasteiger partial charge is 0.331 e. The highest BCUT2D eigenvalue weighted by Crippen LogP contribution is 2.17. The normalized spacial score (nSPS) is 11.8. The van der Waals surface area contributed by atoms with E-state index in [0.717, 1.165) is 12.0 Å². The van der Waals surface area contributed by atoms with Crippen molar-refractivity contribution in [2.75, 3.05) is 5.32 Å². The second-order valence-corrected chi connectivity index (χ2v) is 5.72. The molecule has 0 aliphatic rings. The molecule has 25 heavy (non-hydrogen) atoms. The Bertz CT molecular complexity index is 812. The molecule has 2 amide bonds. The fraction of sp³-hybridized carbons (Fsp3) is 0.222. The van der Waals surface area contributed by atoms with Crippen LogP contribution in [0, 0.1) is 6.92 Å². The van der Waals surface area contributed by atoms with E-state index in [1.807, 2.05) is 38.1 Å². The van der Waals surface area contributed by atoms with Gasteiger partial charge in [-0.1, -0.05) is 36.8 Å². The third-order valence-corrected chi connectivity index (χ3v) is 3.85. The molecule has 128 valence electrons. The summed E-state index contributed by atoms with van der Waals surface area (Å²) in [6.07, 6.45) is 5.40. The van der Waals surface area contributed by atoms with Crippen LogP contribution in [0.15, 0.2) is 55.2 Å². The van der Waals surface area contributed by atoms with Crippen molar-refractivity contribution in [2.45, 2.75) is 26.3 Å². The molecule has 0 spiro atoms. The summed E-state index contributed by atoms with van der Waals surface area (Å²) in [6.45, 7) is 4.08. The molecular weight excluding hydrogens is 316 g/mol. The fourth-order valence-electron chi connectivity index (χ4n) is 2.47. The molecule has 2 N–H and O–H groups in total. The highest BCUT2D eigenvalue weighted by molar-refractivity contribution is 5.89. The Balaban J connectivity index is 1.62. The molecule has 7 nitrogen and oxygen atoms in total. The number of nitrogens with one attached hydrogen (secondary N) is 2. The van der Waals surface area contributed by atoms with Crippen LogP contribution < -0.4 is 10.6 Å². The van der Waals surface area contributed by atoms with Gasteiger partial charge in [0.05, 0.1) is 17.9 Å². The maximum atomic E-state index is 12.3. The Labute approximate surface area is 146 Å². The van der Waals surface area contributed by atoms with Crippen molar-refractivity contribution in [3.63, 3.8) is 0 Å². The van der Waals surface area contributed by atoms with Crippen molar-refractivity contribution in [1.82, 2.24) is 25.1 Å². The number of amides is 2. The van der Waals surface area contributed by atoms with Crippen LogP contribution >= 0.6 is 0 Å². The Morgan fingerprint density at radius 1 is 1.20 bits per heavy atom. The van der Waals surface area contributed by atoms with Crippen LogP contribution in [-0.2, 0) is 0 Å². The van der Waals surface area contributed by atoms with E-state index in [-0.39, 0.29) is 12.1 Å². The number of rotatable bonds is 5. The van der Waals surface area contributed by atoms with Crippen LogP contribution in [0.3, 0.4) is 0 Å². The lowest BCUT2D eigenvalue weighted by atomic mass is 10.0. The molecule has 0 aliphatic carbocycles. The smallest absolute Gasteiger partial charge is 0.319 e. The van der Waals surface area contributed by atoms with Crippen molar-refractivity contribution < 1.29 is 4.79 Å². The SMILES string of the molecule is CC[C@@H](NC(=O)Nc1ccc(-n2cncn2)nc1)c1ccc(C)cc1. The molecule has 0 aliphatic heterocycles. The van der Waals surface area contributed by atoms with Crippen LogP contribution in [0.1, 0.15) is 30.5 Å². The number of hydrogen-bond donors (Lipinski definition) is 2. The number of anilines is 1. The summed E-state index contributed by atoms with van der Waals surface area (Å²) in [7, 11) is 0.